The molecular formula is C19H35NO3Si. The van der Waals surface area contributed by atoms with Crippen molar-refractivity contribution >= 4 is 20.5 Å². The number of rotatable bonds is 5. The third-order valence-electron chi connectivity index (χ3n) is 5.53. The Balaban J connectivity index is 3.16. The summed E-state index contributed by atoms with van der Waals surface area (Å²) in [6.07, 6.45) is 2.69. The van der Waals surface area contributed by atoms with Gasteiger partial charge in [0.1, 0.15) is 0 Å². The van der Waals surface area contributed by atoms with Gasteiger partial charge in [0.05, 0.1) is 18.6 Å². The lowest BCUT2D eigenvalue weighted by atomic mass is 9.92. The predicted octanol–water partition coefficient (Wildman–Crippen LogP) is 4.61. The molecule has 0 N–H and O–H groups in total. The van der Waals surface area contributed by atoms with Gasteiger partial charge < -0.3 is 9.16 Å². The Morgan fingerprint density at radius 3 is 2.42 bits per heavy atom. The van der Waals surface area contributed by atoms with E-state index in [4.69, 9.17) is 9.16 Å². The van der Waals surface area contributed by atoms with Crippen LogP contribution in [0.2, 0.25) is 18.1 Å². The molecule has 0 spiro atoms. The molecule has 0 radical (unpaired) electrons. The van der Waals surface area contributed by atoms with Gasteiger partial charge in [-0.2, -0.15) is 0 Å². The highest BCUT2D eigenvalue weighted by molar-refractivity contribution is 6.74. The SMILES string of the molecule is CCOC(=O)[C@@H]1/C(=C(/C)C=NC)C[C@H](O[Si](C)(C)C(C)(C)C)[C@H]1C. The van der Waals surface area contributed by atoms with Crippen LogP contribution in [0, 0.1) is 11.8 Å². The van der Waals surface area contributed by atoms with Gasteiger partial charge >= 0.3 is 5.97 Å². The maximum absolute atomic E-state index is 12.5. The second kappa shape index (κ2) is 7.96. The number of ether oxygens (including phenoxy) is 1. The summed E-state index contributed by atoms with van der Waals surface area (Å²) in [4.78, 5) is 16.7. The molecule has 1 aliphatic rings. The number of carbonyl (C=O) groups excluding carboxylic acids is 1. The molecule has 5 heteroatoms. The first-order valence-corrected chi connectivity index (χ1v) is 11.8. The average Bonchev–Trinajstić information content (AvgIpc) is 2.75. The number of carbonyl (C=O) groups is 1. The molecule has 0 bridgehead atoms. The molecule has 0 aromatic rings. The molecule has 0 aromatic heterocycles. The van der Waals surface area contributed by atoms with E-state index >= 15 is 0 Å². The summed E-state index contributed by atoms with van der Waals surface area (Å²) in [5, 5.41) is 0.151. The minimum atomic E-state index is -1.89. The molecule has 0 amide bonds. The minimum Gasteiger partial charge on any atom is -0.466 e. The van der Waals surface area contributed by atoms with E-state index in [9.17, 15) is 4.79 Å². The van der Waals surface area contributed by atoms with E-state index in [0.717, 1.165) is 17.6 Å². The zero-order valence-electron chi connectivity index (χ0n) is 16.9. The Kier molecular flexibility index (Phi) is 7.00. The molecule has 138 valence electrons. The van der Waals surface area contributed by atoms with Crippen molar-refractivity contribution in [3.05, 3.63) is 11.1 Å². The van der Waals surface area contributed by atoms with E-state index in [1.54, 1.807) is 7.05 Å². The molecule has 24 heavy (non-hydrogen) atoms. The van der Waals surface area contributed by atoms with Crippen molar-refractivity contribution in [1.82, 2.24) is 0 Å². The Bertz CT molecular complexity index is 517. The summed E-state index contributed by atoms with van der Waals surface area (Å²) in [6, 6.07) is 0. The number of aliphatic imine (C=N–C) groups is 1. The molecule has 0 unspecified atom stereocenters. The van der Waals surface area contributed by atoms with E-state index in [2.05, 4.69) is 45.8 Å². The van der Waals surface area contributed by atoms with Crippen LogP contribution in [-0.4, -0.2) is 40.3 Å². The highest BCUT2D eigenvalue weighted by Gasteiger charge is 2.47. The average molecular weight is 354 g/mol. The fourth-order valence-electron chi connectivity index (χ4n) is 3.04. The number of hydrogen-bond donors (Lipinski definition) is 0. The van der Waals surface area contributed by atoms with Gasteiger partial charge in [-0.1, -0.05) is 27.7 Å². The fraction of sp³-hybridized carbons (Fsp3) is 0.789. The van der Waals surface area contributed by atoms with E-state index in [1.165, 1.54) is 0 Å². The highest BCUT2D eigenvalue weighted by Crippen LogP contribution is 2.45. The van der Waals surface area contributed by atoms with Crippen LogP contribution in [0.3, 0.4) is 0 Å². The van der Waals surface area contributed by atoms with Crippen LogP contribution >= 0.6 is 0 Å². The summed E-state index contributed by atoms with van der Waals surface area (Å²) in [7, 11) is -0.130. The summed E-state index contributed by atoms with van der Waals surface area (Å²) >= 11 is 0. The van der Waals surface area contributed by atoms with Crippen LogP contribution in [0.25, 0.3) is 0 Å². The Hall–Kier alpha value is -0.943. The van der Waals surface area contributed by atoms with E-state index in [1.807, 2.05) is 20.1 Å². The van der Waals surface area contributed by atoms with Crippen molar-refractivity contribution in [2.75, 3.05) is 13.7 Å². The zero-order valence-corrected chi connectivity index (χ0v) is 17.9. The highest BCUT2D eigenvalue weighted by atomic mass is 28.4. The van der Waals surface area contributed by atoms with Crippen molar-refractivity contribution in [2.24, 2.45) is 16.8 Å². The van der Waals surface area contributed by atoms with E-state index < -0.39 is 8.32 Å². The van der Waals surface area contributed by atoms with Gasteiger partial charge in [0.25, 0.3) is 0 Å². The van der Waals surface area contributed by atoms with Crippen molar-refractivity contribution in [1.29, 1.82) is 0 Å². The van der Waals surface area contributed by atoms with Gasteiger partial charge in [-0.25, -0.2) is 0 Å². The van der Waals surface area contributed by atoms with Crippen LogP contribution in [-0.2, 0) is 14.0 Å². The fourth-order valence-corrected chi connectivity index (χ4v) is 4.45. The molecule has 1 aliphatic carbocycles. The summed E-state index contributed by atoms with van der Waals surface area (Å²) in [5.41, 5.74) is 2.18. The van der Waals surface area contributed by atoms with Crippen molar-refractivity contribution < 1.29 is 14.0 Å². The van der Waals surface area contributed by atoms with Gasteiger partial charge in [-0.3, -0.25) is 9.79 Å². The quantitative estimate of drug-likeness (QED) is 0.412. The second-order valence-electron chi connectivity index (χ2n) is 8.31. The lowest BCUT2D eigenvalue weighted by Gasteiger charge is -2.39. The lowest BCUT2D eigenvalue weighted by molar-refractivity contribution is -0.148. The largest absolute Gasteiger partial charge is 0.466 e. The molecule has 1 rings (SSSR count). The van der Waals surface area contributed by atoms with Crippen molar-refractivity contribution in [3.63, 3.8) is 0 Å². The maximum atomic E-state index is 12.5. The molecule has 4 nitrogen and oxygen atoms in total. The molecule has 0 heterocycles. The van der Waals surface area contributed by atoms with Crippen LogP contribution in [0.4, 0.5) is 0 Å². The topological polar surface area (TPSA) is 47.9 Å². The number of nitrogens with zero attached hydrogens (tertiary/aromatic N) is 1. The normalized spacial score (nSPS) is 27.6. The third-order valence-corrected chi connectivity index (χ3v) is 10.0. The number of allylic oxidation sites excluding steroid dienone is 1. The molecule has 0 aliphatic heterocycles. The first kappa shape index (κ1) is 21.1. The van der Waals surface area contributed by atoms with E-state index in [-0.39, 0.29) is 28.9 Å². The van der Waals surface area contributed by atoms with Gasteiger partial charge in [0.2, 0.25) is 0 Å². The van der Waals surface area contributed by atoms with Crippen LogP contribution in [0.15, 0.2) is 16.1 Å². The van der Waals surface area contributed by atoms with Crippen LogP contribution in [0.1, 0.15) is 48.0 Å². The van der Waals surface area contributed by atoms with Gasteiger partial charge in [0.15, 0.2) is 8.32 Å². The van der Waals surface area contributed by atoms with Crippen molar-refractivity contribution in [2.45, 2.75) is 72.2 Å². The standard InChI is InChI=1S/C19H35NO3Si/c1-10-22-18(21)17-14(3)16(11-15(17)13(2)12-20-7)23-24(8,9)19(4,5)6/h12,14,16-17H,10-11H2,1-9H3/b15-13-,20-12?/t14-,16+,17+/m1/s1. The summed E-state index contributed by atoms with van der Waals surface area (Å²) < 4.78 is 12.0. The Labute approximate surface area is 148 Å². The van der Waals surface area contributed by atoms with Crippen molar-refractivity contribution in [3.8, 4) is 0 Å². The Morgan fingerprint density at radius 2 is 1.96 bits per heavy atom. The van der Waals surface area contributed by atoms with E-state index in [0.29, 0.717) is 6.61 Å². The molecule has 0 saturated heterocycles. The van der Waals surface area contributed by atoms with Gasteiger partial charge in [-0.05, 0) is 55.5 Å². The number of esters is 1. The summed E-state index contributed by atoms with van der Waals surface area (Å²) in [5.74, 6) is -0.240. The van der Waals surface area contributed by atoms with Gasteiger partial charge in [0, 0.05) is 13.3 Å². The van der Waals surface area contributed by atoms with Crippen LogP contribution < -0.4 is 0 Å². The lowest BCUT2D eigenvalue weighted by Crippen LogP contribution is -2.45. The molecule has 1 saturated carbocycles. The third kappa shape index (κ3) is 4.57. The minimum absolute atomic E-state index is 0.0653. The zero-order chi connectivity index (χ0) is 18.7. The first-order valence-electron chi connectivity index (χ1n) is 8.92. The predicted molar refractivity (Wildman–Crippen MR) is 103 cm³/mol. The Morgan fingerprint density at radius 1 is 1.38 bits per heavy atom. The second-order valence-corrected chi connectivity index (χ2v) is 13.1. The molecule has 3 atom stereocenters. The maximum Gasteiger partial charge on any atom is 0.313 e. The van der Waals surface area contributed by atoms with Crippen LogP contribution in [0.5, 0.6) is 0 Å². The first-order chi connectivity index (χ1) is 11.0. The summed E-state index contributed by atoms with van der Waals surface area (Å²) in [6.45, 7) is 17.7. The number of hydrogen-bond acceptors (Lipinski definition) is 4. The molecule has 1 fully saturated rings. The monoisotopic (exact) mass is 353 g/mol. The molecular weight excluding hydrogens is 318 g/mol. The smallest absolute Gasteiger partial charge is 0.313 e. The molecule has 0 aromatic carbocycles. The van der Waals surface area contributed by atoms with Gasteiger partial charge in [-0.15, -0.1) is 0 Å².